The number of hydrogen-bond acceptors (Lipinski definition) is 6. The van der Waals surface area contributed by atoms with Gasteiger partial charge in [0.25, 0.3) is 0 Å². The van der Waals surface area contributed by atoms with E-state index < -0.39 is 0 Å². The van der Waals surface area contributed by atoms with Crippen LogP contribution in [0.2, 0.25) is 0 Å². The first-order valence-electron chi connectivity index (χ1n) is 7.44. The van der Waals surface area contributed by atoms with Gasteiger partial charge in [-0.25, -0.2) is 4.79 Å². The average molecular weight is 304 g/mol. The Morgan fingerprint density at radius 2 is 1.33 bits per heavy atom. The highest BCUT2D eigenvalue weighted by Gasteiger charge is 2.00. The van der Waals surface area contributed by atoms with Gasteiger partial charge in [0.1, 0.15) is 6.61 Å². The Hall–Kier alpha value is -0.950. The molecular weight excluding hydrogens is 276 g/mol. The van der Waals surface area contributed by atoms with Crippen LogP contribution in [0.5, 0.6) is 0 Å². The molecule has 0 heterocycles. The Morgan fingerprint density at radius 1 is 0.857 bits per heavy atom. The average Bonchev–Trinajstić information content (AvgIpc) is 2.50. The summed E-state index contributed by atoms with van der Waals surface area (Å²) in [7, 11) is 0. The fourth-order valence-corrected chi connectivity index (χ4v) is 1.47. The highest BCUT2D eigenvalue weighted by Crippen LogP contribution is 2.05. The van der Waals surface area contributed by atoms with E-state index in [0.29, 0.717) is 39.6 Å². The first-order valence-corrected chi connectivity index (χ1v) is 7.44. The van der Waals surface area contributed by atoms with Crippen molar-refractivity contribution in [2.45, 2.75) is 26.7 Å². The lowest BCUT2D eigenvalue weighted by molar-refractivity contribution is -0.139. The molecule has 0 atom stereocenters. The summed E-state index contributed by atoms with van der Waals surface area (Å²) >= 11 is 0. The molecule has 0 aliphatic carbocycles. The van der Waals surface area contributed by atoms with E-state index in [-0.39, 0.29) is 19.2 Å². The molecule has 6 nitrogen and oxygen atoms in total. The van der Waals surface area contributed by atoms with Crippen molar-refractivity contribution in [3.05, 3.63) is 11.6 Å². The zero-order chi connectivity index (χ0) is 15.8. The maximum absolute atomic E-state index is 11.4. The van der Waals surface area contributed by atoms with E-state index in [1.165, 1.54) is 0 Å². The van der Waals surface area contributed by atoms with Crippen LogP contribution in [0.25, 0.3) is 0 Å². The van der Waals surface area contributed by atoms with Gasteiger partial charge in [0.15, 0.2) is 0 Å². The van der Waals surface area contributed by atoms with Gasteiger partial charge in [-0.3, -0.25) is 0 Å². The van der Waals surface area contributed by atoms with Crippen molar-refractivity contribution in [1.82, 2.24) is 0 Å². The van der Waals surface area contributed by atoms with Gasteiger partial charge in [-0.05, 0) is 12.8 Å². The van der Waals surface area contributed by atoms with E-state index in [2.05, 4.69) is 0 Å². The van der Waals surface area contributed by atoms with Gasteiger partial charge in [-0.2, -0.15) is 0 Å². The molecule has 6 heteroatoms. The maximum Gasteiger partial charge on any atom is 0.330 e. The van der Waals surface area contributed by atoms with Crippen molar-refractivity contribution in [3.63, 3.8) is 0 Å². The minimum atomic E-state index is -0.311. The molecule has 0 saturated carbocycles. The summed E-state index contributed by atoms with van der Waals surface area (Å²) in [6.45, 7) is 6.83. The summed E-state index contributed by atoms with van der Waals surface area (Å²) in [5, 5.41) is 8.48. The highest BCUT2D eigenvalue weighted by molar-refractivity contribution is 5.82. The van der Waals surface area contributed by atoms with Gasteiger partial charge >= 0.3 is 5.97 Å². The third-order valence-electron chi connectivity index (χ3n) is 2.68. The van der Waals surface area contributed by atoms with E-state index in [9.17, 15) is 4.79 Å². The maximum atomic E-state index is 11.4. The zero-order valence-corrected chi connectivity index (χ0v) is 13.1. The molecule has 0 aliphatic rings. The number of allylic oxidation sites excluding steroid dienone is 1. The van der Waals surface area contributed by atoms with Crippen LogP contribution in [-0.2, 0) is 23.7 Å². The van der Waals surface area contributed by atoms with Crippen LogP contribution >= 0.6 is 0 Å². The predicted molar refractivity (Wildman–Crippen MR) is 79.2 cm³/mol. The van der Waals surface area contributed by atoms with Crippen LogP contribution in [0.1, 0.15) is 26.7 Å². The van der Waals surface area contributed by atoms with Crippen molar-refractivity contribution in [2.24, 2.45) is 0 Å². The monoisotopic (exact) mass is 304 g/mol. The molecule has 0 aromatic rings. The molecule has 21 heavy (non-hydrogen) atoms. The Morgan fingerprint density at radius 3 is 1.81 bits per heavy atom. The fourth-order valence-electron chi connectivity index (χ4n) is 1.47. The van der Waals surface area contributed by atoms with E-state index in [4.69, 9.17) is 24.1 Å². The van der Waals surface area contributed by atoms with Gasteiger partial charge in [0.05, 0.1) is 46.2 Å². The molecule has 124 valence electrons. The fraction of sp³-hybridized carbons (Fsp3) is 0.800. The summed E-state index contributed by atoms with van der Waals surface area (Å²) in [5.41, 5.74) is 1.08. The molecule has 0 aromatic carbocycles. The smallest absolute Gasteiger partial charge is 0.330 e. The molecule has 0 saturated heterocycles. The number of carbonyl (C=O) groups is 1. The molecule has 0 unspecified atom stereocenters. The SMILES string of the molecule is CCC(=CC(=O)OCCOCCOCCOCCO)CC. The van der Waals surface area contributed by atoms with Crippen LogP contribution in [0, 0.1) is 0 Å². The molecule has 0 fully saturated rings. The van der Waals surface area contributed by atoms with Crippen molar-refractivity contribution < 1.29 is 28.8 Å². The normalized spacial score (nSPS) is 10.4. The quantitative estimate of drug-likeness (QED) is 0.296. The first-order chi connectivity index (χ1) is 10.2. The van der Waals surface area contributed by atoms with Crippen molar-refractivity contribution >= 4 is 5.97 Å². The summed E-state index contributed by atoms with van der Waals surface area (Å²) in [4.78, 5) is 11.4. The number of aliphatic hydroxyl groups is 1. The number of esters is 1. The molecule has 0 rings (SSSR count). The van der Waals surface area contributed by atoms with Gasteiger partial charge in [-0.15, -0.1) is 0 Å². The molecule has 0 radical (unpaired) electrons. The van der Waals surface area contributed by atoms with Crippen LogP contribution in [0.3, 0.4) is 0 Å². The lowest BCUT2D eigenvalue weighted by atomic mass is 10.1. The third-order valence-corrected chi connectivity index (χ3v) is 2.68. The summed E-state index contributed by atoms with van der Waals surface area (Å²) in [5.74, 6) is -0.311. The second-order valence-electron chi connectivity index (χ2n) is 4.24. The van der Waals surface area contributed by atoms with Crippen LogP contribution in [0.4, 0.5) is 0 Å². The summed E-state index contributed by atoms with van der Waals surface area (Å²) in [6, 6.07) is 0. The Balaban J connectivity index is 3.32. The lowest BCUT2D eigenvalue weighted by Gasteiger charge is -2.07. The molecule has 0 aromatic heterocycles. The molecule has 0 aliphatic heterocycles. The second-order valence-corrected chi connectivity index (χ2v) is 4.24. The van der Waals surface area contributed by atoms with Crippen LogP contribution in [-0.4, -0.2) is 63.9 Å². The molecule has 0 bridgehead atoms. The largest absolute Gasteiger partial charge is 0.460 e. The first kappa shape index (κ1) is 20.1. The van der Waals surface area contributed by atoms with Crippen LogP contribution < -0.4 is 0 Å². The van der Waals surface area contributed by atoms with E-state index in [0.717, 1.165) is 18.4 Å². The molecule has 1 N–H and O–H groups in total. The van der Waals surface area contributed by atoms with Gasteiger partial charge in [-0.1, -0.05) is 19.4 Å². The topological polar surface area (TPSA) is 74.2 Å². The lowest BCUT2D eigenvalue weighted by Crippen LogP contribution is -2.13. The van der Waals surface area contributed by atoms with E-state index in [1.54, 1.807) is 6.08 Å². The number of aliphatic hydroxyl groups excluding tert-OH is 1. The number of ether oxygens (including phenoxy) is 4. The van der Waals surface area contributed by atoms with Gasteiger partial charge in [0.2, 0.25) is 0 Å². The molecule has 0 amide bonds. The van der Waals surface area contributed by atoms with Gasteiger partial charge < -0.3 is 24.1 Å². The minimum Gasteiger partial charge on any atom is -0.460 e. The van der Waals surface area contributed by atoms with Gasteiger partial charge in [0, 0.05) is 6.08 Å². The van der Waals surface area contributed by atoms with Crippen molar-refractivity contribution in [2.75, 3.05) is 52.9 Å². The number of hydrogen-bond donors (Lipinski definition) is 1. The number of carbonyl (C=O) groups excluding carboxylic acids is 1. The molecular formula is C15H28O6. The molecule has 0 spiro atoms. The second kappa shape index (κ2) is 15.4. The highest BCUT2D eigenvalue weighted by atomic mass is 16.6. The summed E-state index contributed by atoms with van der Waals surface area (Å²) < 4.78 is 20.6. The standard InChI is InChI=1S/C15H28O6/c1-3-14(4-2)13-15(17)21-12-11-20-10-9-19-8-7-18-6-5-16/h13,16H,3-12H2,1-2H3. The zero-order valence-electron chi connectivity index (χ0n) is 13.1. The predicted octanol–water partition coefficient (Wildman–Crippen LogP) is 1.32. The van der Waals surface area contributed by atoms with E-state index in [1.807, 2.05) is 13.8 Å². The Kier molecular flexibility index (Phi) is 14.7. The van der Waals surface area contributed by atoms with E-state index >= 15 is 0 Å². The van der Waals surface area contributed by atoms with Crippen molar-refractivity contribution in [1.29, 1.82) is 0 Å². The third kappa shape index (κ3) is 13.8. The minimum absolute atomic E-state index is 0.0228. The number of rotatable bonds is 14. The Bertz CT molecular complexity index is 271. The van der Waals surface area contributed by atoms with Crippen LogP contribution in [0.15, 0.2) is 11.6 Å². The summed E-state index contributed by atoms with van der Waals surface area (Å²) in [6.07, 6.45) is 3.28. The Labute approximate surface area is 127 Å². The van der Waals surface area contributed by atoms with Crippen molar-refractivity contribution in [3.8, 4) is 0 Å².